The Morgan fingerprint density at radius 3 is 3.00 bits per heavy atom. The molecule has 0 N–H and O–H groups in total. The van der Waals surface area contributed by atoms with Gasteiger partial charge in [-0.3, -0.25) is 0 Å². The van der Waals surface area contributed by atoms with Crippen LogP contribution in [0.5, 0.6) is 0 Å². The van der Waals surface area contributed by atoms with Gasteiger partial charge in [0.05, 0.1) is 0 Å². The summed E-state index contributed by atoms with van der Waals surface area (Å²) in [6.07, 6.45) is 7.94. The fourth-order valence-electron chi connectivity index (χ4n) is 1.24. The van der Waals surface area contributed by atoms with E-state index in [1.54, 1.807) is 0 Å². The van der Waals surface area contributed by atoms with Crippen molar-refractivity contribution in [3.05, 3.63) is 6.42 Å². The second-order valence-electron chi connectivity index (χ2n) is 2.45. The zero-order valence-corrected chi connectivity index (χ0v) is 6.65. The lowest BCUT2D eigenvalue weighted by molar-refractivity contribution is 0.543. The van der Waals surface area contributed by atoms with Gasteiger partial charge in [-0.25, -0.2) is 0 Å². The number of rotatable bonds is 2. The smallest absolute Gasteiger partial charge is 0.00339 e. The van der Waals surface area contributed by atoms with Crippen molar-refractivity contribution in [1.29, 1.82) is 0 Å². The number of hydrogen-bond acceptors (Lipinski definition) is 0. The van der Waals surface area contributed by atoms with Gasteiger partial charge in [0, 0.05) is 5.33 Å². The molecule has 1 saturated carbocycles. The Morgan fingerprint density at radius 2 is 2.50 bits per heavy atom. The molecule has 1 rings (SSSR count). The third-order valence-corrected chi connectivity index (χ3v) is 2.25. The molecule has 0 aliphatic heterocycles. The average molecular weight is 176 g/mol. The van der Waals surface area contributed by atoms with Crippen LogP contribution in [0.1, 0.15) is 25.7 Å². The molecule has 0 amide bonds. The molecule has 47 valence electrons. The van der Waals surface area contributed by atoms with Gasteiger partial charge in [0.25, 0.3) is 0 Å². The van der Waals surface area contributed by atoms with Crippen LogP contribution in [-0.2, 0) is 0 Å². The van der Waals surface area contributed by atoms with Crippen LogP contribution in [0.25, 0.3) is 0 Å². The first-order valence-corrected chi connectivity index (χ1v) is 4.43. The van der Waals surface area contributed by atoms with Crippen LogP contribution >= 0.6 is 15.9 Å². The van der Waals surface area contributed by atoms with Crippen molar-refractivity contribution in [2.24, 2.45) is 5.92 Å². The predicted octanol–water partition coefficient (Wildman–Crippen LogP) is 2.78. The first-order chi connectivity index (χ1) is 3.93. The van der Waals surface area contributed by atoms with Crippen molar-refractivity contribution in [2.45, 2.75) is 25.7 Å². The van der Waals surface area contributed by atoms with E-state index in [0.717, 1.165) is 5.92 Å². The highest BCUT2D eigenvalue weighted by molar-refractivity contribution is 9.09. The maximum absolute atomic E-state index is 3.45. The maximum atomic E-state index is 3.45. The van der Waals surface area contributed by atoms with E-state index in [1.807, 2.05) is 0 Å². The summed E-state index contributed by atoms with van der Waals surface area (Å²) >= 11 is 3.45. The number of alkyl halides is 1. The fourth-order valence-corrected chi connectivity index (χ4v) is 1.89. The molecule has 8 heavy (non-hydrogen) atoms. The summed E-state index contributed by atoms with van der Waals surface area (Å²) in [6, 6.07) is 0. The summed E-state index contributed by atoms with van der Waals surface area (Å²) in [5.74, 6) is 1.01. The molecule has 1 radical (unpaired) electrons. The molecule has 1 aliphatic rings. The highest BCUT2D eigenvalue weighted by Crippen LogP contribution is 2.26. The first-order valence-electron chi connectivity index (χ1n) is 3.31. The summed E-state index contributed by atoms with van der Waals surface area (Å²) in [6.45, 7) is 0. The molecule has 0 bridgehead atoms. The van der Waals surface area contributed by atoms with E-state index in [9.17, 15) is 0 Å². The summed E-state index contributed by atoms with van der Waals surface area (Å²) in [7, 11) is 0. The summed E-state index contributed by atoms with van der Waals surface area (Å²) in [4.78, 5) is 0. The normalized spacial score (nSPS) is 22.1. The van der Waals surface area contributed by atoms with E-state index in [4.69, 9.17) is 0 Å². The standard InChI is InChI=1S/C7H12Br/c8-6-5-7-3-1-2-4-7/h1,7H,2-6H2. The van der Waals surface area contributed by atoms with Crippen molar-refractivity contribution < 1.29 is 0 Å². The number of halogens is 1. The summed E-state index contributed by atoms with van der Waals surface area (Å²) in [5, 5.41) is 1.19. The zero-order chi connectivity index (χ0) is 5.82. The third-order valence-electron chi connectivity index (χ3n) is 1.80. The molecule has 0 aromatic carbocycles. The van der Waals surface area contributed by atoms with Crippen LogP contribution in [0.2, 0.25) is 0 Å². The number of hydrogen-bond donors (Lipinski definition) is 0. The van der Waals surface area contributed by atoms with E-state index in [2.05, 4.69) is 22.4 Å². The van der Waals surface area contributed by atoms with Gasteiger partial charge in [-0.2, -0.15) is 0 Å². The Balaban J connectivity index is 2.06. The average Bonchev–Trinajstić information content (AvgIpc) is 2.19. The second-order valence-corrected chi connectivity index (χ2v) is 3.24. The zero-order valence-electron chi connectivity index (χ0n) is 5.07. The molecule has 1 unspecified atom stereocenters. The van der Waals surface area contributed by atoms with Gasteiger partial charge in [-0.1, -0.05) is 22.4 Å². The maximum Gasteiger partial charge on any atom is 0.00339 e. The van der Waals surface area contributed by atoms with E-state index in [1.165, 1.54) is 31.0 Å². The lowest BCUT2D eigenvalue weighted by atomic mass is 10.1. The Bertz CT molecular complexity index is 55.4. The highest BCUT2D eigenvalue weighted by atomic mass is 79.9. The van der Waals surface area contributed by atoms with Gasteiger partial charge in [0.2, 0.25) is 0 Å². The minimum atomic E-state index is 1.01. The van der Waals surface area contributed by atoms with Crippen LogP contribution < -0.4 is 0 Å². The van der Waals surface area contributed by atoms with E-state index < -0.39 is 0 Å². The van der Waals surface area contributed by atoms with E-state index >= 15 is 0 Å². The quantitative estimate of drug-likeness (QED) is 0.567. The van der Waals surface area contributed by atoms with Gasteiger partial charge >= 0.3 is 0 Å². The molecular weight excluding hydrogens is 164 g/mol. The van der Waals surface area contributed by atoms with Crippen molar-refractivity contribution in [3.63, 3.8) is 0 Å². The summed E-state index contributed by atoms with van der Waals surface area (Å²) in [5.41, 5.74) is 0. The largest absolute Gasteiger partial charge is 0.0928 e. The lowest BCUT2D eigenvalue weighted by Gasteiger charge is -2.02. The SMILES string of the molecule is BrCCC1C[CH]CC1. The van der Waals surface area contributed by atoms with E-state index in [-0.39, 0.29) is 0 Å². The van der Waals surface area contributed by atoms with Crippen LogP contribution in [0.4, 0.5) is 0 Å². The van der Waals surface area contributed by atoms with Gasteiger partial charge in [-0.05, 0) is 31.6 Å². The molecule has 0 aromatic heterocycles. The molecule has 0 spiro atoms. The minimum absolute atomic E-state index is 1.01. The molecular formula is C7H12Br. The fraction of sp³-hybridized carbons (Fsp3) is 0.857. The molecule has 1 fully saturated rings. The Morgan fingerprint density at radius 1 is 1.62 bits per heavy atom. The van der Waals surface area contributed by atoms with Gasteiger partial charge in [0.1, 0.15) is 0 Å². The predicted molar refractivity (Wildman–Crippen MR) is 40.1 cm³/mol. The Kier molecular flexibility index (Phi) is 2.88. The van der Waals surface area contributed by atoms with Gasteiger partial charge in [0.15, 0.2) is 0 Å². The van der Waals surface area contributed by atoms with Crippen LogP contribution in [0.15, 0.2) is 0 Å². The first kappa shape index (κ1) is 6.60. The minimum Gasteiger partial charge on any atom is -0.0928 e. The van der Waals surface area contributed by atoms with Crippen LogP contribution in [0.3, 0.4) is 0 Å². The highest BCUT2D eigenvalue weighted by Gasteiger charge is 2.13. The van der Waals surface area contributed by atoms with E-state index in [0.29, 0.717) is 0 Å². The van der Waals surface area contributed by atoms with Gasteiger partial charge in [-0.15, -0.1) is 0 Å². The molecule has 1 heteroatoms. The van der Waals surface area contributed by atoms with Crippen molar-refractivity contribution in [3.8, 4) is 0 Å². The molecule has 1 atom stereocenters. The second kappa shape index (κ2) is 3.49. The molecule has 0 heterocycles. The van der Waals surface area contributed by atoms with Crippen LogP contribution in [-0.4, -0.2) is 5.33 Å². The lowest BCUT2D eigenvalue weighted by Crippen LogP contribution is -1.91. The molecule has 0 aromatic rings. The topological polar surface area (TPSA) is 0 Å². The third kappa shape index (κ3) is 1.77. The Labute approximate surface area is 59.8 Å². The Hall–Kier alpha value is 0.480. The molecule has 0 nitrogen and oxygen atoms in total. The van der Waals surface area contributed by atoms with Gasteiger partial charge < -0.3 is 0 Å². The summed E-state index contributed by atoms with van der Waals surface area (Å²) < 4.78 is 0. The van der Waals surface area contributed by atoms with Crippen molar-refractivity contribution in [1.82, 2.24) is 0 Å². The molecule has 1 aliphatic carbocycles. The van der Waals surface area contributed by atoms with Crippen molar-refractivity contribution >= 4 is 15.9 Å². The van der Waals surface area contributed by atoms with Crippen molar-refractivity contribution in [2.75, 3.05) is 5.33 Å². The monoisotopic (exact) mass is 175 g/mol. The molecule has 0 saturated heterocycles. The van der Waals surface area contributed by atoms with Crippen LogP contribution in [0, 0.1) is 12.3 Å².